The van der Waals surface area contributed by atoms with Crippen molar-refractivity contribution in [1.82, 2.24) is 0 Å². The van der Waals surface area contributed by atoms with E-state index in [1.807, 2.05) is 12.3 Å². The number of rotatable bonds is 2. The summed E-state index contributed by atoms with van der Waals surface area (Å²) in [6, 6.07) is 2.03. The lowest BCUT2D eigenvalue weighted by atomic mass is 9.80. The highest BCUT2D eigenvalue weighted by Gasteiger charge is 2.54. The van der Waals surface area contributed by atoms with Crippen LogP contribution in [0.25, 0.3) is 0 Å². The van der Waals surface area contributed by atoms with Gasteiger partial charge in [0.15, 0.2) is 0 Å². The van der Waals surface area contributed by atoms with Gasteiger partial charge in [-0.25, -0.2) is 0 Å². The molecule has 1 fully saturated rings. The first-order valence-electron chi connectivity index (χ1n) is 4.38. The van der Waals surface area contributed by atoms with E-state index in [9.17, 15) is 0 Å². The fourth-order valence-electron chi connectivity index (χ4n) is 1.97. The van der Waals surface area contributed by atoms with Gasteiger partial charge in [0.25, 0.3) is 0 Å². The number of hydrogen-bond donors (Lipinski definition) is 1. The van der Waals surface area contributed by atoms with Crippen LogP contribution >= 0.6 is 0 Å². The SMILES string of the molecule is CC(C)(N)C1(c2ccoc2)CC1. The van der Waals surface area contributed by atoms with Crippen molar-refractivity contribution in [3.8, 4) is 0 Å². The number of hydrogen-bond acceptors (Lipinski definition) is 2. The van der Waals surface area contributed by atoms with Crippen molar-refractivity contribution >= 4 is 0 Å². The largest absolute Gasteiger partial charge is 0.472 e. The summed E-state index contributed by atoms with van der Waals surface area (Å²) in [6.07, 6.45) is 5.93. The fourth-order valence-corrected chi connectivity index (χ4v) is 1.97. The van der Waals surface area contributed by atoms with Gasteiger partial charge in [-0.1, -0.05) is 0 Å². The Morgan fingerprint density at radius 1 is 1.50 bits per heavy atom. The molecule has 12 heavy (non-hydrogen) atoms. The van der Waals surface area contributed by atoms with Gasteiger partial charge in [-0.05, 0) is 38.3 Å². The van der Waals surface area contributed by atoms with Crippen LogP contribution in [0.5, 0.6) is 0 Å². The zero-order valence-corrected chi connectivity index (χ0v) is 7.63. The van der Waals surface area contributed by atoms with Gasteiger partial charge in [0.05, 0.1) is 12.5 Å². The summed E-state index contributed by atoms with van der Waals surface area (Å²) < 4.78 is 5.08. The third kappa shape index (κ3) is 0.911. The van der Waals surface area contributed by atoms with Crippen molar-refractivity contribution in [1.29, 1.82) is 0 Å². The van der Waals surface area contributed by atoms with E-state index in [0.717, 1.165) is 0 Å². The molecule has 1 aromatic rings. The van der Waals surface area contributed by atoms with Crippen molar-refractivity contribution in [3.63, 3.8) is 0 Å². The molecule has 0 saturated heterocycles. The Labute approximate surface area is 72.7 Å². The second-order valence-electron chi connectivity index (χ2n) is 4.32. The Kier molecular flexibility index (Phi) is 1.40. The summed E-state index contributed by atoms with van der Waals surface area (Å²) >= 11 is 0. The van der Waals surface area contributed by atoms with E-state index >= 15 is 0 Å². The number of furan rings is 1. The van der Waals surface area contributed by atoms with Gasteiger partial charge in [-0.2, -0.15) is 0 Å². The quantitative estimate of drug-likeness (QED) is 0.728. The van der Waals surface area contributed by atoms with Gasteiger partial charge in [-0.15, -0.1) is 0 Å². The van der Waals surface area contributed by atoms with E-state index in [0.29, 0.717) is 0 Å². The third-order valence-electron chi connectivity index (χ3n) is 3.06. The lowest BCUT2D eigenvalue weighted by Gasteiger charge is -2.29. The Balaban J connectivity index is 2.35. The zero-order valence-electron chi connectivity index (χ0n) is 7.63. The van der Waals surface area contributed by atoms with Crippen LogP contribution in [0.1, 0.15) is 32.3 Å². The first-order valence-corrected chi connectivity index (χ1v) is 4.38. The highest BCUT2D eigenvalue weighted by atomic mass is 16.3. The van der Waals surface area contributed by atoms with Crippen molar-refractivity contribution in [3.05, 3.63) is 24.2 Å². The van der Waals surface area contributed by atoms with E-state index in [1.54, 1.807) is 6.26 Å². The molecule has 1 aliphatic rings. The van der Waals surface area contributed by atoms with Gasteiger partial charge in [0.1, 0.15) is 0 Å². The normalized spacial score (nSPS) is 20.9. The highest BCUT2D eigenvalue weighted by molar-refractivity contribution is 5.33. The summed E-state index contributed by atoms with van der Waals surface area (Å²) in [5.41, 5.74) is 7.45. The summed E-state index contributed by atoms with van der Waals surface area (Å²) in [7, 11) is 0. The fraction of sp³-hybridized carbons (Fsp3) is 0.600. The van der Waals surface area contributed by atoms with Gasteiger partial charge in [0.2, 0.25) is 0 Å². The van der Waals surface area contributed by atoms with Crippen LogP contribution in [-0.2, 0) is 5.41 Å². The molecule has 2 N–H and O–H groups in total. The second kappa shape index (κ2) is 2.13. The minimum atomic E-state index is -0.128. The van der Waals surface area contributed by atoms with E-state index in [4.69, 9.17) is 10.2 Å². The van der Waals surface area contributed by atoms with E-state index in [-0.39, 0.29) is 11.0 Å². The predicted molar refractivity (Wildman–Crippen MR) is 47.9 cm³/mol. The maximum absolute atomic E-state index is 6.13. The predicted octanol–water partition coefficient (Wildman–Crippen LogP) is 2.05. The molecule has 66 valence electrons. The lowest BCUT2D eigenvalue weighted by Crippen LogP contribution is -2.45. The molecule has 1 aliphatic carbocycles. The molecule has 0 radical (unpaired) electrons. The topological polar surface area (TPSA) is 39.2 Å². The van der Waals surface area contributed by atoms with E-state index in [1.165, 1.54) is 18.4 Å². The maximum atomic E-state index is 6.13. The molecule has 0 spiro atoms. The zero-order chi connectivity index (χ0) is 8.82. The Hall–Kier alpha value is -0.760. The van der Waals surface area contributed by atoms with Crippen molar-refractivity contribution in [2.24, 2.45) is 5.73 Å². The first-order chi connectivity index (χ1) is 5.56. The monoisotopic (exact) mass is 165 g/mol. The van der Waals surface area contributed by atoms with Crippen LogP contribution in [0.15, 0.2) is 23.0 Å². The van der Waals surface area contributed by atoms with E-state index in [2.05, 4.69) is 13.8 Å². The third-order valence-corrected chi connectivity index (χ3v) is 3.06. The molecule has 0 aliphatic heterocycles. The van der Waals surface area contributed by atoms with Crippen LogP contribution in [-0.4, -0.2) is 5.54 Å². The molecule has 1 saturated carbocycles. The molecule has 0 amide bonds. The molecule has 1 heterocycles. The summed E-state index contributed by atoms with van der Waals surface area (Å²) in [5.74, 6) is 0. The van der Waals surface area contributed by atoms with Crippen molar-refractivity contribution in [2.75, 3.05) is 0 Å². The lowest BCUT2D eigenvalue weighted by molar-refractivity contribution is 0.388. The van der Waals surface area contributed by atoms with Gasteiger partial charge < -0.3 is 10.2 Å². The molecule has 0 bridgehead atoms. The van der Waals surface area contributed by atoms with Crippen LogP contribution in [0.4, 0.5) is 0 Å². The molecule has 2 nitrogen and oxygen atoms in total. The molecular formula is C10H15NO. The Morgan fingerprint density at radius 3 is 2.50 bits per heavy atom. The molecule has 1 aromatic heterocycles. The van der Waals surface area contributed by atoms with Gasteiger partial charge >= 0.3 is 0 Å². The van der Waals surface area contributed by atoms with Crippen LogP contribution in [0.2, 0.25) is 0 Å². The first kappa shape index (κ1) is 7.87. The minimum absolute atomic E-state index is 0.128. The van der Waals surface area contributed by atoms with Crippen molar-refractivity contribution in [2.45, 2.75) is 37.6 Å². The average molecular weight is 165 g/mol. The average Bonchev–Trinajstić information content (AvgIpc) is 2.61. The molecule has 2 rings (SSSR count). The summed E-state index contributed by atoms with van der Waals surface area (Å²) in [6.45, 7) is 4.18. The molecule has 0 unspecified atom stereocenters. The smallest absolute Gasteiger partial charge is 0.0940 e. The van der Waals surface area contributed by atoms with Crippen molar-refractivity contribution < 1.29 is 4.42 Å². The van der Waals surface area contributed by atoms with Crippen LogP contribution in [0.3, 0.4) is 0 Å². The Morgan fingerprint density at radius 2 is 2.17 bits per heavy atom. The maximum Gasteiger partial charge on any atom is 0.0940 e. The summed E-state index contributed by atoms with van der Waals surface area (Å²) in [5, 5.41) is 0. The van der Waals surface area contributed by atoms with Gasteiger partial charge in [0, 0.05) is 11.0 Å². The van der Waals surface area contributed by atoms with E-state index < -0.39 is 0 Å². The summed E-state index contributed by atoms with van der Waals surface area (Å²) in [4.78, 5) is 0. The molecule has 0 atom stereocenters. The molecule has 0 aromatic carbocycles. The number of nitrogens with two attached hydrogens (primary N) is 1. The van der Waals surface area contributed by atoms with Gasteiger partial charge in [-0.3, -0.25) is 0 Å². The highest BCUT2D eigenvalue weighted by Crippen LogP contribution is 2.54. The Bertz CT molecular complexity index is 265. The minimum Gasteiger partial charge on any atom is -0.472 e. The molecule has 2 heteroatoms. The molecular weight excluding hydrogens is 150 g/mol. The van der Waals surface area contributed by atoms with Crippen LogP contribution < -0.4 is 5.73 Å². The standard InChI is InChI=1S/C10H15NO/c1-9(2,11)10(4-5-10)8-3-6-12-7-8/h3,6-7H,4-5,11H2,1-2H3. The van der Waals surface area contributed by atoms with Crippen LogP contribution in [0, 0.1) is 0 Å². The second-order valence-corrected chi connectivity index (χ2v) is 4.32.